The zero-order valence-electron chi connectivity index (χ0n) is 11.0. The summed E-state index contributed by atoms with van der Waals surface area (Å²) >= 11 is 2.86. The second-order valence-corrected chi connectivity index (χ2v) is 6.94. The first-order chi connectivity index (χ1) is 9.79. The predicted octanol–water partition coefficient (Wildman–Crippen LogP) is 2.21. The monoisotopic (exact) mass is 379 g/mol. The van der Waals surface area contributed by atoms with Gasteiger partial charge in [-0.15, -0.1) is 0 Å². The van der Waals surface area contributed by atoms with Gasteiger partial charge in [-0.05, 0) is 34.5 Å². The van der Waals surface area contributed by atoms with Crippen molar-refractivity contribution in [2.45, 2.75) is 18.4 Å². The van der Waals surface area contributed by atoms with E-state index in [4.69, 9.17) is 0 Å². The van der Waals surface area contributed by atoms with Gasteiger partial charge in [-0.3, -0.25) is 4.68 Å². The highest BCUT2D eigenvalue weighted by molar-refractivity contribution is 9.10. The first-order valence-electron chi connectivity index (χ1n) is 5.93. The minimum absolute atomic E-state index is 0.0344. The van der Waals surface area contributed by atoms with E-state index in [0.29, 0.717) is 12.6 Å². The maximum Gasteiger partial charge on any atom is 0.244 e. The SMILES string of the molecule is Cc1cnn(CCNS(=O)(=O)c2c(F)cc(F)cc2Br)c1. The molecule has 0 aliphatic carbocycles. The molecule has 0 aliphatic heterocycles. The van der Waals surface area contributed by atoms with Crippen LogP contribution >= 0.6 is 15.9 Å². The molecule has 1 aromatic heterocycles. The molecule has 9 heteroatoms. The molecule has 0 unspecified atom stereocenters. The van der Waals surface area contributed by atoms with Gasteiger partial charge in [0.25, 0.3) is 0 Å². The lowest BCUT2D eigenvalue weighted by atomic mass is 10.3. The first-order valence-corrected chi connectivity index (χ1v) is 8.20. The summed E-state index contributed by atoms with van der Waals surface area (Å²) in [6.45, 7) is 2.19. The second-order valence-electron chi connectivity index (χ2n) is 4.38. The maximum absolute atomic E-state index is 13.7. The lowest BCUT2D eigenvalue weighted by Crippen LogP contribution is -2.28. The summed E-state index contributed by atoms with van der Waals surface area (Å²) in [5, 5.41) is 4.00. The Morgan fingerprint density at radius 1 is 1.38 bits per heavy atom. The quantitative estimate of drug-likeness (QED) is 0.865. The lowest BCUT2D eigenvalue weighted by molar-refractivity contribution is 0.534. The Labute approximate surface area is 129 Å². The molecule has 0 fully saturated rings. The summed E-state index contributed by atoms with van der Waals surface area (Å²) in [4.78, 5) is -0.611. The number of hydrogen-bond acceptors (Lipinski definition) is 3. The van der Waals surface area contributed by atoms with Gasteiger partial charge in [0.15, 0.2) is 0 Å². The molecule has 0 amide bonds. The van der Waals surface area contributed by atoms with Crippen LogP contribution in [0.2, 0.25) is 0 Å². The highest BCUT2D eigenvalue weighted by Gasteiger charge is 2.23. The van der Waals surface area contributed by atoms with Crippen LogP contribution in [0.4, 0.5) is 8.78 Å². The van der Waals surface area contributed by atoms with Crippen LogP contribution in [-0.4, -0.2) is 24.7 Å². The minimum atomic E-state index is -4.08. The van der Waals surface area contributed by atoms with Crippen molar-refractivity contribution in [3.05, 3.63) is 46.2 Å². The number of benzene rings is 1. The Bertz CT molecular complexity index is 739. The normalized spacial score (nSPS) is 11.8. The van der Waals surface area contributed by atoms with Crippen LogP contribution in [0.25, 0.3) is 0 Å². The van der Waals surface area contributed by atoms with E-state index in [1.807, 2.05) is 6.92 Å². The molecule has 0 saturated heterocycles. The number of aromatic nitrogens is 2. The van der Waals surface area contributed by atoms with Gasteiger partial charge in [0.1, 0.15) is 16.5 Å². The Morgan fingerprint density at radius 3 is 2.67 bits per heavy atom. The van der Waals surface area contributed by atoms with E-state index in [0.717, 1.165) is 11.6 Å². The molecule has 2 rings (SSSR count). The van der Waals surface area contributed by atoms with Gasteiger partial charge >= 0.3 is 0 Å². The van der Waals surface area contributed by atoms with Gasteiger partial charge in [-0.2, -0.15) is 5.10 Å². The molecular formula is C12H12BrF2N3O2S. The Hall–Kier alpha value is -1.32. The molecule has 0 saturated carbocycles. The third kappa shape index (κ3) is 3.86. The van der Waals surface area contributed by atoms with E-state index in [1.54, 1.807) is 17.1 Å². The molecule has 0 aliphatic rings. The molecule has 5 nitrogen and oxygen atoms in total. The molecule has 1 aromatic carbocycles. The summed E-state index contributed by atoms with van der Waals surface area (Å²) < 4.78 is 54.4. The number of hydrogen-bond donors (Lipinski definition) is 1. The van der Waals surface area contributed by atoms with Gasteiger partial charge in [0.2, 0.25) is 10.0 Å². The molecule has 0 atom stereocenters. The number of halogens is 3. The van der Waals surface area contributed by atoms with Crippen molar-refractivity contribution < 1.29 is 17.2 Å². The maximum atomic E-state index is 13.7. The number of rotatable bonds is 5. The molecule has 2 aromatic rings. The van der Waals surface area contributed by atoms with Crippen LogP contribution in [0.15, 0.2) is 33.9 Å². The predicted molar refractivity (Wildman–Crippen MR) is 76.2 cm³/mol. The van der Waals surface area contributed by atoms with E-state index in [1.165, 1.54) is 0 Å². The molecule has 1 heterocycles. The standard InChI is InChI=1S/C12H12BrF2N3O2S/c1-8-6-16-18(7-8)3-2-17-21(19,20)12-10(13)4-9(14)5-11(12)15/h4-7,17H,2-3H2,1H3. The summed E-state index contributed by atoms with van der Waals surface area (Å²) in [5.74, 6) is -2.00. The van der Waals surface area contributed by atoms with E-state index in [-0.39, 0.29) is 11.0 Å². The fourth-order valence-corrected chi connectivity index (χ4v) is 3.92. The van der Waals surface area contributed by atoms with Crippen LogP contribution < -0.4 is 4.72 Å². The molecule has 0 bridgehead atoms. The largest absolute Gasteiger partial charge is 0.271 e. The Kier molecular flexibility index (Phi) is 4.74. The van der Waals surface area contributed by atoms with Gasteiger partial charge in [-0.25, -0.2) is 21.9 Å². The first kappa shape index (κ1) is 16.1. The zero-order valence-corrected chi connectivity index (χ0v) is 13.4. The van der Waals surface area contributed by atoms with Crippen LogP contribution in [0, 0.1) is 18.6 Å². The fourth-order valence-electron chi connectivity index (χ4n) is 1.74. The van der Waals surface area contributed by atoms with Crippen molar-refractivity contribution in [2.24, 2.45) is 0 Å². The van der Waals surface area contributed by atoms with E-state index in [2.05, 4.69) is 25.8 Å². The van der Waals surface area contributed by atoms with Gasteiger partial charge in [0.05, 0.1) is 12.7 Å². The van der Waals surface area contributed by atoms with Crippen LogP contribution in [0.1, 0.15) is 5.56 Å². The van der Waals surface area contributed by atoms with Crippen LogP contribution in [0.3, 0.4) is 0 Å². The van der Waals surface area contributed by atoms with Gasteiger partial charge in [0, 0.05) is 23.3 Å². The van der Waals surface area contributed by atoms with Crippen LogP contribution in [-0.2, 0) is 16.6 Å². The average Bonchev–Trinajstić information content (AvgIpc) is 2.72. The van der Waals surface area contributed by atoms with E-state index < -0.39 is 26.6 Å². The number of aryl methyl sites for hydroxylation is 1. The molecule has 114 valence electrons. The number of sulfonamides is 1. The molecule has 21 heavy (non-hydrogen) atoms. The third-order valence-corrected chi connectivity index (χ3v) is 5.05. The smallest absolute Gasteiger partial charge is 0.244 e. The number of nitrogens with zero attached hydrogens (tertiary/aromatic N) is 2. The minimum Gasteiger partial charge on any atom is -0.271 e. The van der Waals surface area contributed by atoms with Crippen molar-refractivity contribution in [3.63, 3.8) is 0 Å². The Morgan fingerprint density at radius 2 is 2.10 bits per heavy atom. The van der Waals surface area contributed by atoms with Crippen molar-refractivity contribution >= 4 is 26.0 Å². The summed E-state index contributed by atoms with van der Waals surface area (Å²) in [7, 11) is -4.08. The molecular weight excluding hydrogens is 368 g/mol. The van der Waals surface area contributed by atoms with Crippen molar-refractivity contribution in [1.29, 1.82) is 0 Å². The van der Waals surface area contributed by atoms with Gasteiger partial charge in [-0.1, -0.05) is 0 Å². The molecule has 0 radical (unpaired) electrons. The topological polar surface area (TPSA) is 64.0 Å². The average molecular weight is 380 g/mol. The van der Waals surface area contributed by atoms with Crippen molar-refractivity contribution in [1.82, 2.24) is 14.5 Å². The van der Waals surface area contributed by atoms with Crippen molar-refractivity contribution in [2.75, 3.05) is 6.54 Å². The second kappa shape index (κ2) is 6.20. The van der Waals surface area contributed by atoms with E-state index >= 15 is 0 Å². The summed E-state index contributed by atoms with van der Waals surface area (Å²) in [5.41, 5.74) is 0.949. The number of nitrogens with one attached hydrogen (secondary N) is 1. The highest BCUT2D eigenvalue weighted by Crippen LogP contribution is 2.25. The fraction of sp³-hybridized carbons (Fsp3) is 0.250. The highest BCUT2D eigenvalue weighted by atomic mass is 79.9. The third-order valence-electron chi connectivity index (χ3n) is 2.63. The summed E-state index contributed by atoms with van der Waals surface area (Å²) in [6.07, 6.45) is 3.40. The summed E-state index contributed by atoms with van der Waals surface area (Å²) in [6, 6.07) is 1.42. The van der Waals surface area contributed by atoms with Crippen LogP contribution in [0.5, 0.6) is 0 Å². The van der Waals surface area contributed by atoms with Gasteiger partial charge < -0.3 is 0 Å². The lowest BCUT2D eigenvalue weighted by Gasteiger charge is -2.09. The molecule has 1 N–H and O–H groups in total. The Balaban J connectivity index is 2.12. The van der Waals surface area contributed by atoms with E-state index in [9.17, 15) is 17.2 Å². The molecule has 0 spiro atoms. The zero-order chi connectivity index (χ0) is 15.6. The van der Waals surface area contributed by atoms with Crippen molar-refractivity contribution in [3.8, 4) is 0 Å².